The average molecular weight is 433 g/mol. The Labute approximate surface area is 190 Å². The maximum absolute atomic E-state index is 13.3. The van der Waals surface area contributed by atoms with Crippen LogP contribution in [-0.2, 0) is 0 Å². The van der Waals surface area contributed by atoms with Crippen molar-refractivity contribution in [2.24, 2.45) is 10.9 Å². The van der Waals surface area contributed by atoms with E-state index in [0.29, 0.717) is 12.1 Å². The lowest BCUT2D eigenvalue weighted by molar-refractivity contribution is 0.0998. The first kappa shape index (κ1) is 21.1. The van der Waals surface area contributed by atoms with Gasteiger partial charge in [-0.1, -0.05) is 13.8 Å². The second-order valence-electron chi connectivity index (χ2n) is 9.53. The molecule has 2 aromatic rings. The maximum Gasteiger partial charge on any atom is 0.171 e. The molecule has 0 unspecified atom stereocenters. The molecular formula is C26H32N4O2. The van der Waals surface area contributed by atoms with Crippen LogP contribution in [0.15, 0.2) is 35.5 Å². The smallest absolute Gasteiger partial charge is 0.171 e. The van der Waals surface area contributed by atoms with Gasteiger partial charge in [0.1, 0.15) is 11.6 Å². The standard InChI is InChI=1S/C26H32N4O2/c1-17(2)21-13-19(32-3)14-23-25(21)24(31)15-22(28-23)20-5-4-8-27-26(20)30-11-9-29(10-12-30)16-18-6-7-18/h4-5,8,13-14,17-18H,6-7,9-12,15-16H2,1-3H3. The van der Waals surface area contributed by atoms with Gasteiger partial charge in [-0.2, -0.15) is 0 Å². The van der Waals surface area contributed by atoms with E-state index in [2.05, 4.69) is 29.7 Å². The van der Waals surface area contributed by atoms with Crippen molar-refractivity contribution in [3.05, 3.63) is 47.2 Å². The minimum atomic E-state index is 0.125. The summed E-state index contributed by atoms with van der Waals surface area (Å²) in [5.74, 6) is 2.95. The highest BCUT2D eigenvalue weighted by Crippen LogP contribution is 2.38. The van der Waals surface area contributed by atoms with E-state index in [1.807, 2.05) is 24.4 Å². The summed E-state index contributed by atoms with van der Waals surface area (Å²) in [6, 6.07) is 7.85. The zero-order chi connectivity index (χ0) is 22.2. The molecule has 0 N–H and O–H groups in total. The van der Waals surface area contributed by atoms with Gasteiger partial charge in [0.15, 0.2) is 5.78 Å². The van der Waals surface area contributed by atoms with Crippen LogP contribution >= 0.6 is 0 Å². The number of Topliss-reactive ketones (excluding diaryl/α,β-unsaturated/α-hetero) is 1. The highest BCUT2D eigenvalue weighted by atomic mass is 16.5. The number of anilines is 1. The minimum Gasteiger partial charge on any atom is -0.497 e. The molecule has 3 heterocycles. The predicted octanol–water partition coefficient (Wildman–Crippen LogP) is 4.45. The Kier molecular flexibility index (Phi) is 5.72. The number of carbonyl (C=O) groups is 1. The van der Waals surface area contributed by atoms with Gasteiger partial charge < -0.3 is 9.64 Å². The molecule has 2 fully saturated rings. The first-order valence-corrected chi connectivity index (χ1v) is 11.8. The molecule has 0 amide bonds. The number of nitrogens with zero attached hydrogens (tertiary/aromatic N) is 4. The summed E-state index contributed by atoms with van der Waals surface area (Å²) in [7, 11) is 1.66. The SMILES string of the molecule is COc1cc2c(c(C(C)C)c1)C(=O)CC(c1cccnc1N1CCN(CC3CC3)CC1)=N2. The second-order valence-corrected chi connectivity index (χ2v) is 9.53. The third-order valence-electron chi connectivity index (χ3n) is 6.82. The molecule has 5 rings (SSSR count). The van der Waals surface area contributed by atoms with E-state index < -0.39 is 0 Å². The van der Waals surface area contributed by atoms with Crippen LogP contribution in [0.1, 0.15) is 60.5 Å². The average Bonchev–Trinajstić information content (AvgIpc) is 3.62. The molecule has 3 aliphatic rings. The van der Waals surface area contributed by atoms with Crippen LogP contribution in [0.25, 0.3) is 0 Å². The normalized spacial score (nSPS) is 19.2. The third kappa shape index (κ3) is 4.16. The number of hydrogen-bond donors (Lipinski definition) is 0. The highest BCUT2D eigenvalue weighted by molar-refractivity contribution is 6.22. The molecule has 1 saturated heterocycles. The van der Waals surface area contributed by atoms with Gasteiger partial charge in [-0.25, -0.2) is 4.98 Å². The van der Waals surface area contributed by atoms with Crippen molar-refractivity contribution in [2.75, 3.05) is 44.7 Å². The number of aromatic nitrogens is 1. The first-order valence-electron chi connectivity index (χ1n) is 11.8. The number of pyridine rings is 1. The number of rotatable bonds is 6. The molecule has 0 radical (unpaired) electrons. The van der Waals surface area contributed by atoms with Crippen molar-refractivity contribution in [1.82, 2.24) is 9.88 Å². The van der Waals surface area contributed by atoms with E-state index in [9.17, 15) is 4.79 Å². The van der Waals surface area contributed by atoms with Crippen molar-refractivity contribution < 1.29 is 9.53 Å². The van der Waals surface area contributed by atoms with Gasteiger partial charge in [-0.05, 0) is 48.4 Å². The Morgan fingerprint density at radius 1 is 1.16 bits per heavy atom. The molecule has 0 spiro atoms. The van der Waals surface area contributed by atoms with Gasteiger partial charge in [-0.15, -0.1) is 0 Å². The van der Waals surface area contributed by atoms with Crippen molar-refractivity contribution >= 4 is 23.0 Å². The van der Waals surface area contributed by atoms with Crippen molar-refractivity contribution in [3.8, 4) is 5.75 Å². The number of aliphatic imine (C=N–C) groups is 1. The summed E-state index contributed by atoms with van der Waals surface area (Å²) in [6.07, 6.45) is 4.93. The number of carbonyl (C=O) groups excluding carboxylic acids is 1. The number of ether oxygens (including phenoxy) is 1. The lowest BCUT2D eigenvalue weighted by atomic mass is 9.88. The lowest BCUT2D eigenvalue weighted by Crippen LogP contribution is -2.47. The van der Waals surface area contributed by atoms with Gasteiger partial charge >= 0.3 is 0 Å². The number of hydrogen-bond acceptors (Lipinski definition) is 6. The summed E-state index contributed by atoms with van der Waals surface area (Å²) in [5, 5.41) is 0. The maximum atomic E-state index is 13.3. The van der Waals surface area contributed by atoms with Crippen LogP contribution in [0.2, 0.25) is 0 Å². The fraction of sp³-hybridized carbons (Fsp3) is 0.500. The first-order chi connectivity index (χ1) is 15.5. The Morgan fingerprint density at radius 2 is 1.94 bits per heavy atom. The van der Waals surface area contributed by atoms with Gasteiger partial charge in [-0.3, -0.25) is 14.7 Å². The van der Waals surface area contributed by atoms with Crippen LogP contribution < -0.4 is 9.64 Å². The molecule has 2 aliphatic heterocycles. The zero-order valence-electron chi connectivity index (χ0n) is 19.3. The molecule has 1 aromatic heterocycles. The molecule has 0 atom stereocenters. The van der Waals surface area contributed by atoms with Gasteiger partial charge in [0, 0.05) is 56.1 Å². The van der Waals surface area contributed by atoms with Crippen LogP contribution in [0.4, 0.5) is 11.5 Å². The van der Waals surface area contributed by atoms with E-state index in [4.69, 9.17) is 14.7 Å². The monoisotopic (exact) mass is 432 g/mol. The van der Waals surface area contributed by atoms with Crippen LogP contribution in [0, 0.1) is 5.92 Å². The van der Waals surface area contributed by atoms with Gasteiger partial charge in [0.2, 0.25) is 0 Å². The predicted molar refractivity (Wildman–Crippen MR) is 128 cm³/mol. The summed E-state index contributed by atoms with van der Waals surface area (Å²) < 4.78 is 5.50. The molecule has 0 bridgehead atoms. The number of methoxy groups -OCH3 is 1. The van der Waals surface area contributed by atoms with Gasteiger partial charge in [0.05, 0.1) is 24.9 Å². The molecule has 6 heteroatoms. The van der Waals surface area contributed by atoms with Crippen LogP contribution in [0.3, 0.4) is 0 Å². The minimum absolute atomic E-state index is 0.125. The highest BCUT2D eigenvalue weighted by Gasteiger charge is 2.30. The summed E-state index contributed by atoms with van der Waals surface area (Å²) in [4.78, 5) is 27.9. The second kappa shape index (κ2) is 8.66. The Morgan fingerprint density at radius 3 is 2.62 bits per heavy atom. The molecule has 1 aliphatic carbocycles. The van der Waals surface area contributed by atoms with Crippen molar-refractivity contribution in [3.63, 3.8) is 0 Å². The quantitative estimate of drug-likeness (QED) is 0.675. The molecule has 32 heavy (non-hydrogen) atoms. The number of ketones is 1. The molecule has 1 aromatic carbocycles. The van der Waals surface area contributed by atoms with Gasteiger partial charge in [0.25, 0.3) is 0 Å². The molecular weight excluding hydrogens is 400 g/mol. The van der Waals surface area contributed by atoms with Crippen molar-refractivity contribution in [2.45, 2.75) is 39.0 Å². The summed E-state index contributed by atoms with van der Waals surface area (Å²) >= 11 is 0. The van der Waals surface area contributed by atoms with Crippen LogP contribution in [0.5, 0.6) is 5.75 Å². The van der Waals surface area contributed by atoms with E-state index in [1.54, 1.807) is 7.11 Å². The van der Waals surface area contributed by atoms with E-state index in [1.165, 1.54) is 19.4 Å². The Hall–Kier alpha value is -2.73. The Balaban J connectivity index is 1.46. The number of fused-ring (bicyclic) bond motifs is 1. The fourth-order valence-electron chi connectivity index (χ4n) is 4.85. The van der Waals surface area contributed by atoms with E-state index >= 15 is 0 Å². The molecule has 1 saturated carbocycles. The van der Waals surface area contributed by atoms with E-state index in [0.717, 1.165) is 66.1 Å². The zero-order valence-corrected chi connectivity index (χ0v) is 19.3. The summed E-state index contributed by atoms with van der Waals surface area (Å²) in [6.45, 7) is 9.49. The largest absolute Gasteiger partial charge is 0.497 e. The molecule has 6 nitrogen and oxygen atoms in total. The number of benzene rings is 1. The van der Waals surface area contributed by atoms with Crippen molar-refractivity contribution in [1.29, 1.82) is 0 Å². The van der Waals surface area contributed by atoms with Crippen LogP contribution in [-0.4, -0.2) is 61.2 Å². The fourth-order valence-corrected chi connectivity index (χ4v) is 4.85. The lowest BCUT2D eigenvalue weighted by Gasteiger charge is -2.36. The molecule has 168 valence electrons. The number of piperazine rings is 1. The topological polar surface area (TPSA) is 58.0 Å². The van der Waals surface area contributed by atoms with E-state index in [-0.39, 0.29) is 11.7 Å². The Bertz CT molecular complexity index is 1050. The summed E-state index contributed by atoms with van der Waals surface area (Å²) in [5.41, 5.74) is 4.22. The third-order valence-corrected chi connectivity index (χ3v) is 6.82.